The van der Waals surface area contributed by atoms with Crippen LogP contribution in [-0.4, -0.2) is 45.9 Å². The van der Waals surface area contributed by atoms with Crippen molar-refractivity contribution < 1.29 is 24.5 Å². The molecule has 1 amide bonds. The standard InChI is InChI=1S/C18H23NO5/c1-12(2)8-9-14-15(20)10-19(16(14)17(21)22)18(23)24-11-13-6-4-3-5-7-13/h3-8,14-16,20H,9-11H2,1-2H3,(H,21,22)/t14-,15-,16-/m0/s1. The number of aliphatic hydroxyl groups excluding tert-OH is 1. The molecule has 0 bridgehead atoms. The van der Waals surface area contributed by atoms with Gasteiger partial charge in [0, 0.05) is 5.92 Å². The van der Waals surface area contributed by atoms with Crippen LogP contribution in [0.4, 0.5) is 4.79 Å². The van der Waals surface area contributed by atoms with E-state index >= 15 is 0 Å². The van der Waals surface area contributed by atoms with Gasteiger partial charge in [-0.1, -0.05) is 42.0 Å². The first-order chi connectivity index (χ1) is 11.4. The molecule has 0 unspecified atom stereocenters. The van der Waals surface area contributed by atoms with E-state index in [-0.39, 0.29) is 13.2 Å². The van der Waals surface area contributed by atoms with Crippen LogP contribution in [0.1, 0.15) is 25.8 Å². The minimum atomic E-state index is -1.13. The van der Waals surface area contributed by atoms with E-state index in [0.29, 0.717) is 6.42 Å². The highest BCUT2D eigenvalue weighted by Crippen LogP contribution is 2.29. The summed E-state index contributed by atoms with van der Waals surface area (Å²) in [7, 11) is 0. The first-order valence-electron chi connectivity index (χ1n) is 7.91. The molecule has 2 N–H and O–H groups in total. The number of carbonyl (C=O) groups excluding carboxylic acids is 1. The van der Waals surface area contributed by atoms with Crippen LogP contribution in [0.5, 0.6) is 0 Å². The third kappa shape index (κ3) is 4.35. The predicted octanol–water partition coefficient (Wildman–Crippen LogP) is 2.43. The van der Waals surface area contributed by atoms with Gasteiger partial charge in [0.05, 0.1) is 12.6 Å². The van der Waals surface area contributed by atoms with E-state index < -0.39 is 30.1 Å². The van der Waals surface area contributed by atoms with Crippen molar-refractivity contribution in [3.8, 4) is 0 Å². The zero-order valence-corrected chi connectivity index (χ0v) is 13.9. The molecule has 1 aromatic carbocycles. The van der Waals surface area contributed by atoms with Gasteiger partial charge in [-0.15, -0.1) is 0 Å². The summed E-state index contributed by atoms with van der Waals surface area (Å²) in [4.78, 5) is 25.0. The Balaban J connectivity index is 2.06. The Hall–Kier alpha value is -2.34. The largest absolute Gasteiger partial charge is 0.480 e. The lowest BCUT2D eigenvalue weighted by Crippen LogP contribution is -2.43. The fourth-order valence-electron chi connectivity index (χ4n) is 2.86. The topological polar surface area (TPSA) is 87.1 Å². The van der Waals surface area contributed by atoms with E-state index in [9.17, 15) is 19.8 Å². The van der Waals surface area contributed by atoms with Crippen LogP contribution in [-0.2, 0) is 16.1 Å². The van der Waals surface area contributed by atoms with E-state index in [2.05, 4.69) is 0 Å². The summed E-state index contributed by atoms with van der Waals surface area (Å²) in [6.45, 7) is 3.84. The normalized spacial score (nSPS) is 23.0. The van der Waals surface area contributed by atoms with Crippen LogP contribution in [0.15, 0.2) is 42.0 Å². The molecule has 6 nitrogen and oxygen atoms in total. The van der Waals surface area contributed by atoms with Crippen molar-refractivity contribution in [2.75, 3.05) is 6.54 Å². The number of rotatable bonds is 5. The molecule has 0 saturated carbocycles. The van der Waals surface area contributed by atoms with Crippen LogP contribution in [0, 0.1) is 5.92 Å². The minimum absolute atomic E-state index is 0.0359. The Bertz CT molecular complexity index is 609. The van der Waals surface area contributed by atoms with Gasteiger partial charge in [-0.25, -0.2) is 9.59 Å². The van der Waals surface area contributed by atoms with Crippen LogP contribution in [0.25, 0.3) is 0 Å². The first-order valence-corrected chi connectivity index (χ1v) is 7.91. The number of ether oxygens (including phenoxy) is 1. The highest BCUT2D eigenvalue weighted by Gasteiger charge is 2.47. The molecular formula is C18H23NO5. The van der Waals surface area contributed by atoms with Gasteiger partial charge in [-0.2, -0.15) is 0 Å². The molecule has 0 radical (unpaired) electrons. The predicted molar refractivity (Wildman–Crippen MR) is 88.3 cm³/mol. The molecule has 2 rings (SSSR count). The highest BCUT2D eigenvalue weighted by molar-refractivity contribution is 5.81. The number of hydrogen-bond donors (Lipinski definition) is 2. The Morgan fingerprint density at radius 2 is 1.96 bits per heavy atom. The summed E-state index contributed by atoms with van der Waals surface area (Å²) >= 11 is 0. The zero-order chi connectivity index (χ0) is 17.7. The van der Waals surface area contributed by atoms with Crippen molar-refractivity contribution in [3.05, 3.63) is 47.5 Å². The molecule has 24 heavy (non-hydrogen) atoms. The van der Waals surface area contributed by atoms with Crippen molar-refractivity contribution in [2.24, 2.45) is 5.92 Å². The van der Waals surface area contributed by atoms with Crippen LogP contribution < -0.4 is 0 Å². The maximum Gasteiger partial charge on any atom is 0.410 e. The zero-order valence-electron chi connectivity index (χ0n) is 13.9. The second kappa shape index (κ2) is 7.97. The summed E-state index contributed by atoms with van der Waals surface area (Å²) in [5.41, 5.74) is 1.86. The van der Waals surface area contributed by atoms with Gasteiger partial charge in [0.15, 0.2) is 0 Å². The summed E-state index contributed by atoms with van der Waals surface area (Å²) in [6, 6.07) is 8.07. The third-order valence-corrected chi connectivity index (χ3v) is 4.11. The molecule has 1 saturated heterocycles. The van der Waals surface area contributed by atoms with E-state index in [1.54, 1.807) is 0 Å². The molecule has 0 spiro atoms. The summed E-state index contributed by atoms with van der Waals surface area (Å²) in [5, 5.41) is 19.7. The van der Waals surface area contributed by atoms with Gasteiger partial charge in [0.1, 0.15) is 12.6 Å². The number of amides is 1. The van der Waals surface area contributed by atoms with E-state index in [0.717, 1.165) is 16.0 Å². The number of carbonyl (C=O) groups is 2. The van der Waals surface area contributed by atoms with Crippen molar-refractivity contribution in [1.29, 1.82) is 0 Å². The van der Waals surface area contributed by atoms with Gasteiger partial charge in [0.2, 0.25) is 0 Å². The van der Waals surface area contributed by atoms with Gasteiger partial charge >= 0.3 is 12.1 Å². The third-order valence-electron chi connectivity index (χ3n) is 4.11. The summed E-state index contributed by atoms with van der Waals surface area (Å²) < 4.78 is 5.21. The number of β-amino-alcohol motifs (C(OH)–C–C–N with tert-alkyl or cyclic N) is 1. The lowest BCUT2D eigenvalue weighted by atomic mass is 9.93. The molecule has 1 aliphatic heterocycles. The SMILES string of the molecule is CC(C)=CC[C@@H]1[C@@H](C(=O)O)N(C(=O)OCc2ccccc2)C[C@@H]1O. The maximum atomic E-state index is 12.3. The Kier molecular flexibility index (Phi) is 5.98. The molecule has 130 valence electrons. The van der Waals surface area contributed by atoms with Gasteiger partial charge in [0.25, 0.3) is 0 Å². The van der Waals surface area contributed by atoms with Gasteiger partial charge in [-0.05, 0) is 25.8 Å². The number of carboxylic acid groups (broad SMARTS) is 1. The lowest BCUT2D eigenvalue weighted by molar-refractivity contribution is -0.143. The van der Waals surface area contributed by atoms with Gasteiger partial charge in [-0.3, -0.25) is 4.90 Å². The Labute approximate surface area is 141 Å². The maximum absolute atomic E-state index is 12.3. The van der Waals surface area contributed by atoms with Gasteiger partial charge < -0.3 is 14.9 Å². The number of allylic oxidation sites excluding steroid dienone is 2. The number of aliphatic hydroxyl groups is 1. The summed E-state index contributed by atoms with van der Waals surface area (Å²) in [5.74, 6) is -1.67. The molecule has 1 aromatic rings. The molecule has 6 heteroatoms. The monoisotopic (exact) mass is 333 g/mol. The number of benzene rings is 1. The number of carboxylic acids is 1. The fourth-order valence-corrected chi connectivity index (χ4v) is 2.86. The number of hydrogen-bond acceptors (Lipinski definition) is 4. The van der Waals surface area contributed by atoms with E-state index in [1.807, 2.05) is 50.3 Å². The fraction of sp³-hybridized carbons (Fsp3) is 0.444. The average Bonchev–Trinajstić information content (AvgIpc) is 2.88. The Morgan fingerprint density at radius 3 is 2.54 bits per heavy atom. The molecule has 0 aliphatic carbocycles. The van der Waals surface area contributed by atoms with Crippen molar-refractivity contribution in [2.45, 2.75) is 39.0 Å². The number of aliphatic carboxylic acids is 1. The number of nitrogens with zero attached hydrogens (tertiary/aromatic N) is 1. The smallest absolute Gasteiger partial charge is 0.410 e. The average molecular weight is 333 g/mol. The van der Waals surface area contributed by atoms with Crippen LogP contribution in [0.3, 0.4) is 0 Å². The quantitative estimate of drug-likeness (QED) is 0.808. The molecule has 1 heterocycles. The molecular weight excluding hydrogens is 310 g/mol. The van der Waals surface area contributed by atoms with Crippen molar-refractivity contribution in [1.82, 2.24) is 4.90 Å². The molecule has 1 aliphatic rings. The second-order valence-electron chi connectivity index (χ2n) is 6.22. The molecule has 0 aromatic heterocycles. The van der Waals surface area contributed by atoms with E-state index in [1.165, 1.54) is 0 Å². The minimum Gasteiger partial charge on any atom is -0.480 e. The number of likely N-dealkylation sites (tertiary alicyclic amines) is 1. The lowest BCUT2D eigenvalue weighted by Gasteiger charge is -2.23. The first kappa shape index (κ1) is 18.0. The van der Waals surface area contributed by atoms with Crippen LogP contribution >= 0.6 is 0 Å². The summed E-state index contributed by atoms with van der Waals surface area (Å²) in [6.07, 6.45) is 0.682. The van der Waals surface area contributed by atoms with Crippen molar-refractivity contribution >= 4 is 12.1 Å². The Morgan fingerprint density at radius 1 is 1.29 bits per heavy atom. The van der Waals surface area contributed by atoms with E-state index in [4.69, 9.17) is 4.74 Å². The molecule has 1 fully saturated rings. The second-order valence-corrected chi connectivity index (χ2v) is 6.22. The van der Waals surface area contributed by atoms with Crippen LogP contribution in [0.2, 0.25) is 0 Å². The van der Waals surface area contributed by atoms with Crippen molar-refractivity contribution in [3.63, 3.8) is 0 Å². The molecule has 3 atom stereocenters. The highest BCUT2D eigenvalue weighted by atomic mass is 16.6.